The highest BCUT2D eigenvalue weighted by Crippen LogP contribution is 2.16. The third-order valence-electron chi connectivity index (χ3n) is 3.15. The van der Waals surface area contributed by atoms with Gasteiger partial charge in [0.25, 0.3) is 0 Å². The average molecular weight is 284 g/mol. The highest BCUT2D eigenvalue weighted by molar-refractivity contribution is 5.89. The van der Waals surface area contributed by atoms with E-state index in [1.54, 1.807) is 6.20 Å². The molecule has 2 amide bonds. The van der Waals surface area contributed by atoms with Crippen molar-refractivity contribution in [2.24, 2.45) is 5.73 Å². The zero-order valence-electron chi connectivity index (χ0n) is 12.2. The van der Waals surface area contributed by atoms with Crippen molar-refractivity contribution in [3.63, 3.8) is 0 Å². The molecule has 2 rings (SSSR count). The van der Waals surface area contributed by atoms with Gasteiger partial charge in [0.2, 0.25) is 0 Å². The highest BCUT2D eigenvalue weighted by Gasteiger charge is 2.10. The number of aromatic nitrogens is 1. The van der Waals surface area contributed by atoms with Gasteiger partial charge in [-0.05, 0) is 43.7 Å². The molecule has 0 saturated heterocycles. The molecule has 0 spiro atoms. The predicted molar refractivity (Wildman–Crippen MR) is 83.9 cm³/mol. The van der Waals surface area contributed by atoms with Gasteiger partial charge in [-0.15, -0.1) is 0 Å². The Bertz CT molecular complexity index is 598. The van der Waals surface area contributed by atoms with Gasteiger partial charge >= 0.3 is 6.03 Å². The van der Waals surface area contributed by atoms with Gasteiger partial charge in [-0.25, -0.2) is 4.79 Å². The molecule has 0 radical (unpaired) electrons. The SMILES string of the molecule is CC(N)c1cccc(NC(=O)NC(C)c2ccccn2)c1. The number of nitrogens with zero attached hydrogens (tertiary/aromatic N) is 1. The number of nitrogens with one attached hydrogen (secondary N) is 2. The molecule has 1 heterocycles. The molecule has 0 aliphatic heterocycles. The van der Waals surface area contributed by atoms with Crippen LogP contribution in [0.5, 0.6) is 0 Å². The zero-order valence-corrected chi connectivity index (χ0v) is 12.2. The summed E-state index contributed by atoms with van der Waals surface area (Å²) in [6.07, 6.45) is 1.71. The van der Waals surface area contributed by atoms with Gasteiger partial charge in [0, 0.05) is 17.9 Å². The molecule has 1 aromatic heterocycles. The number of urea groups is 1. The first-order chi connectivity index (χ1) is 10.1. The lowest BCUT2D eigenvalue weighted by molar-refractivity contribution is 0.249. The third kappa shape index (κ3) is 4.29. The number of amides is 2. The molecule has 5 nitrogen and oxygen atoms in total. The normalized spacial score (nSPS) is 13.3. The molecular formula is C16H20N4O. The number of carbonyl (C=O) groups is 1. The van der Waals surface area contributed by atoms with Crippen molar-refractivity contribution >= 4 is 11.7 Å². The van der Waals surface area contributed by atoms with Crippen molar-refractivity contribution in [2.75, 3.05) is 5.32 Å². The second-order valence-corrected chi connectivity index (χ2v) is 4.99. The van der Waals surface area contributed by atoms with Crippen LogP contribution in [0.3, 0.4) is 0 Å². The molecule has 0 aliphatic rings. The number of nitrogens with two attached hydrogens (primary N) is 1. The Hall–Kier alpha value is -2.40. The van der Waals surface area contributed by atoms with Crippen molar-refractivity contribution in [1.82, 2.24) is 10.3 Å². The Balaban J connectivity index is 1.97. The molecule has 0 bridgehead atoms. The van der Waals surface area contributed by atoms with Crippen LogP contribution in [0.2, 0.25) is 0 Å². The van der Waals surface area contributed by atoms with Gasteiger partial charge < -0.3 is 16.4 Å². The lowest BCUT2D eigenvalue weighted by Crippen LogP contribution is -2.31. The number of hydrogen-bond donors (Lipinski definition) is 3. The van der Waals surface area contributed by atoms with Crippen LogP contribution in [0.15, 0.2) is 48.7 Å². The minimum atomic E-state index is -0.269. The largest absolute Gasteiger partial charge is 0.330 e. The van der Waals surface area contributed by atoms with Crippen LogP contribution in [0, 0.1) is 0 Å². The van der Waals surface area contributed by atoms with Crippen LogP contribution < -0.4 is 16.4 Å². The summed E-state index contributed by atoms with van der Waals surface area (Å²) in [5.74, 6) is 0. The summed E-state index contributed by atoms with van der Waals surface area (Å²) in [7, 11) is 0. The number of carbonyl (C=O) groups excluding carboxylic acids is 1. The maximum absolute atomic E-state index is 12.0. The molecule has 2 unspecified atom stereocenters. The van der Waals surface area contributed by atoms with E-state index in [9.17, 15) is 4.79 Å². The van der Waals surface area contributed by atoms with E-state index in [-0.39, 0.29) is 18.1 Å². The number of benzene rings is 1. The standard InChI is InChI=1S/C16H20N4O/c1-11(17)13-6-5-7-14(10-13)20-16(21)19-12(2)15-8-3-4-9-18-15/h3-12H,17H2,1-2H3,(H2,19,20,21). The maximum atomic E-state index is 12.0. The van der Waals surface area contributed by atoms with Gasteiger partial charge in [-0.1, -0.05) is 18.2 Å². The van der Waals surface area contributed by atoms with E-state index in [1.165, 1.54) is 0 Å². The number of pyridine rings is 1. The van der Waals surface area contributed by atoms with E-state index in [1.807, 2.05) is 56.3 Å². The van der Waals surface area contributed by atoms with E-state index >= 15 is 0 Å². The second-order valence-electron chi connectivity index (χ2n) is 4.99. The first-order valence-electron chi connectivity index (χ1n) is 6.90. The smallest absolute Gasteiger partial charge is 0.319 e. The van der Waals surface area contributed by atoms with Crippen molar-refractivity contribution in [3.05, 3.63) is 59.9 Å². The van der Waals surface area contributed by atoms with Gasteiger partial charge in [0.1, 0.15) is 0 Å². The molecule has 0 saturated carbocycles. The van der Waals surface area contributed by atoms with Gasteiger partial charge in [-0.3, -0.25) is 4.98 Å². The van der Waals surface area contributed by atoms with Crippen molar-refractivity contribution in [3.8, 4) is 0 Å². The Kier molecular flexibility index (Phi) is 4.90. The average Bonchev–Trinajstić information content (AvgIpc) is 2.48. The van der Waals surface area contributed by atoms with Crippen LogP contribution >= 0.6 is 0 Å². The van der Waals surface area contributed by atoms with E-state index in [2.05, 4.69) is 15.6 Å². The zero-order chi connectivity index (χ0) is 15.2. The summed E-state index contributed by atoms with van der Waals surface area (Å²) in [4.78, 5) is 16.2. The molecule has 2 aromatic rings. The van der Waals surface area contributed by atoms with Gasteiger partial charge in [-0.2, -0.15) is 0 Å². The van der Waals surface area contributed by atoms with E-state index < -0.39 is 0 Å². The van der Waals surface area contributed by atoms with E-state index in [0.717, 1.165) is 16.9 Å². The van der Waals surface area contributed by atoms with Crippen LogP contribution in [-0.4, -0.2) is 11.0 Å². The first kappa shape index (κ1) is 15.0. The summed E-state index contributed by atoms with van der Waals surface area (Å²) in [6, 6.07) is 12.6. The Labute approximate surface area is 124 Å². The lowest BCUT2D eigenvalue weighted by atomic mass is 10.1. The fourth-order valence-electron chi connectivity index (χ4n) is 1.97. The van der Waals surface area contributed by atoms with E-state index in [4.69, 9.17) is 5.73 Å². The monoisotopic (exact) mass is 284 g/mol. The van der Waals surface area contributed by atoms with Crippen molar-refractivity contribution < 1.29 is 4.79 Å². The predicted octanol–water partition coefficient (Wildman–Crippen LogP) is 2.98. The van der Waals surface area contributed by atoms with Crippen molar-refractivity contribution in [1.29, 1.82) is 0 Å². The quantitative estimate of drug-likeness (QED) is 0.807. The maximum Gasteiger partial charge on any atom is 0.319 e. The molecule has 110 valence electrons. The summed E-state index contributed by atoms with van der Waals surface area (Å²) in [5.41, 5.74) is 8.35. The summed E-state index contributed by atoms with van der Waals surface area (Å²) in [6.45, 7) is 3.79. The fraction of sp³-hybridized carbons (Fsp3) is 0.250. The van der Waals surface area contributed by atoms with Crippen LogP contribution in [-0.2, 0) is 0 Å². The molecule has 5 heteroatoms. The van der Waals surface area contributed by atoms with Gasteiger partial charge in [0.15, 0.2) is 0 Å². The Morgan fingerprint density at radius 1 is 1.19 bits per heavy atom. The first-order valence-corrected chi connectivity index (χ1v) is 6.90. The Morgan fingerprint density at radius 3 is 2.67 bits per heavy atom. The number of rotatable bonds is 4. The van der Waals surface area contributed by atoms with Gasteiger partial charge in [0.05, 0.1) is 11.7 Å². The fourth-order valence-corrected chi connectivity index (χ4v) is 1.97. The molecule has 0 aliphatic carbocycles. The molecule has 1 aromatic carbocycles. The van der Waals surface area contributed by atoms with Crippen LogP contribution in [0.25, 0.3) is 0 Å². The highest BCUT2D eigenvalue weighted by atomic mass is 16.2. The minimum absolute atomic E-state index is 0.0674. The number of anilines is 1. The molecule has 0 fully saturated rings. The summed E-state index contributed by atoms with van der Waals surface area (Å²) >= 11 is 0. The molecule has 4 N–H and O–H groups in total. The van der Waals surface area contributed by atoms with Crippen LogP contribution in [0.4, 0.5) is 10.5 Å². The third-order valence-corrected chi connectivity index (χ3v) is 3.15. The molecule has 21 heavy (non-hydrogen) atoms. The van der Waals surface area contributed by atoms with Crippen LogP contribution in [0.1, 0.15) is 37.2 Å². The molecular weight excluding hydrogens is 264 g/mol. The number of hydrogen-bond acceptors (Lipinski definition) is 3. The van der Waals surface area contributed by atoms with Crippen molar-refractivity contribution in [2.45, 2.75) is 25.9 Å². The summed E-state index contributed by atoms with van der Waals surface area (Å²) in [5, 5.41) is 5.65. The Morgan fingerprint density at radius 2 is 2.00 bits per heavy atom. The van der Waals surface area contributed by atoms with E-state index in [0.29, 0.717) is 0 Å². The lowest BCUT2D eigenvalue weighted by Gasteiger charge is -2.15. The second kappa shape index (κ2) is 6.85. The molecule has 2 atom stereocenters. The summed E-state index contributed by atoms with van der Waals surface area (Å²) < 4.78 is 0. The minimum Gasteiger partial charge on any atom is -0.330 e. The topological polar surface area (TPSA) is 80.0 Å².